The van der Waals surface area contributed by atoms with Crippen LogP contribution in [0.5, 0.6) is 5.88 Å². The Morgan fingerprint density at radius 3 is 2.87 bits per heavy atom. The van der Waals surface area contributed by atoms with Crippen molar-refractivity contribution < 1.29 is 9.53 Å². The van der Waals surface area contributed by atoms with Gasteiger partial charge in [-0.3, -0.25) is 10.2 Å². The van der Waals surface area contributed by atoms with Crippen LogP contribution >= 0.6 is 11.3 Å². The summed E-state index contributed by atoms with van der Waals surface area (Å²) in [6, 6.07) is 3.40. The van der Waals surface area contributed by atoms with Gasteiger partial charge in [0.05, 0.1) is 19.0 Å². The molecular weight excluding hydrogens is 314 g/mol. The number of carbonyl (C=O) groups excluding carboxylic acids is 1. The molecule has 0 aliphatic heterocycles. The Bertz CT molecular complexity index is 626. The largest absolute Gasteiger partial charge is 0.481 e. The van der Waals surface area contributed by atoms with Crippen LogP contribution in [0.3, 0.4) is 0 Å². The lowest BCUT2D eigenvalue weighted by Crippen LogP contribution is -2.38. The third-order valence-corrected chi connectivity index (χ3v) is 4.58. The number of hydrogen-bond donors (Lipinski definition) is 1. The fraction of sp³-hybridized carbons (Fsp3) is 0.467. The van der Waals surface area contributed by atoms with Gasteiger partial charge in [0, 0.05) is 12.6 Å². The summed E-state index contributed by atoms with van der Waals surface area (Å²) in [5.74, 6) is 1.05. The van der Waals surface area contributed by atoms with Crippen LogP contribution in [-0.2, 0) is 0 Å². The lowest BCUT2D eigenvalue weighted by Gasteiger charge is -2.25. The summed E-state index contributed by atoms with van der Waals surface area (Å²) in [5.41, 5.74) is 2.34. The molecular formula is C15H19N5O2S. The van der Waals surface area contributed by atoms with Crippen LogP contribution in [0.1, 0.15) is 25.7 Å². The van der Waals surface area contributed by atoms with E-state index in [1.807, 2.05) is 6.07 Å². The number of carbonyl (C=O) groups is 1. The molecule has 8 heteroatoms. The second-order valence-electron chi connectivity index (χ2n) is 5.49. The number of aromatic nitrogens is 3. The highest BCUT2D eigenvalue weighted by atomic mass is 32.1. The van der Waals surface area contributed by atoms with Gasteiger partial charge in [-0.15, -0.1) is 10.2 Å². The molecule has 1 saturated carbocycles. The van der Waals surface area contributed by atoms with Gasteiger partial charge in [-0.25, -0.2) is 9.78 Å². The molecule has 122 valence electrons. The van der Waals surface area contributed by atoms with E-state index >= 15 is 0 Å². The Hall–Kier alpha value is -2.22. The van der Waals surface area contributed by atoms with Crippen LogP contribution in [0.15, 0.2) is 23.8 Å². The smallest absolute Gasteiger partial charge is 0.328 e. The van der Waals surface area contributed by atoms with Crippen molar-refractivity contribution in [3.05, 3.63) is 23.8 Å². The number of amides is 2. The van der Waals surface area contributed by atoms with Crippen molar-refractivity contribution in [1.29, 1.82) is 0 Å². The summed E-state index contributed by atoms with van der Waals surface area (Å²) in [7, 11) is 1.57. The highest BCUT2D eigenvalue weighted by molar-refractivity contribution is 7.13. The van der Waals surface area contributed by atoms with E-state index in [1.54, 1.807) is 29.8 Å². The molecule has 2 amide bonds. The van der Waals surface area contributed by atoms with Crippen molar-refractivity contribution in [3.63, 3.8) is 0 Å². The quantitative estimate of drug-likeness (QED) is 0.909. The van der Waals surface area contributed by atoms with Gasteiger partial charge in [0.15, 0.2) is 0 Å². The first-order valence-electron chi connectivity index (χ1n) is 7.61. The van der Waals surface area contributed by atoms with E-state index in [4.69, 9.17) is 4.74 Å². The minimum Gasteiger partial charge on any atom is -0.481 e. The molecule has 0 unspecified atom stereocenters. The maximum Gasteiger partial charge on any atom is 0.328 e. The Morgan fingerprint density at radius 1 is 1.43 bits per heavy atom. The SMILES string of the molecule is COc1ccc(N(CC2CCCC2)C(=O)Nc2nncs2)cn1. The van der Waals surface area contributed by atoms with Gasteiger partial charge in [-0.2, -0.15) is 0 Å². The van der Waals surface area contributed by atoms with Crippen LogP contribution in [-0.4, -0.2) is 34.9 Å². The van der Waals surface area contributed by atoms with Crippen molar-refractivity contribution in [3.8, 4) is 5.88 Å². The van der Waals surface area contributed by atoms with E-state index in [1.165, 1.54) is 24.2 Å². The summed E-state index contributed by atoms with van der Waals surface area (Å²) in [6.45, 7) is 0.679. The minimum atomic E-state index is -0.208. The number of hydrogen-bond acceptors (Lipinski definition) is 6. The number of anilines is 2. The number of methoxy groups -OCH3 is 1. The van der Waals surface area contributed by atoms with Crippen LogP contribution in [0.4, 0.5) is 15.6 Å². The minimum absolute atomic E-state index is 0.208. The molecule has 2 aromatic heterocycles. The molecule has 1 aliphatic carbocycles. The zero-order chi connectivity index (χ0) is 16.1. The lowest BCUT2D eigenvalue weighted by molar-refractivity contribution is 0.255. The van der Waals surface area contributed by atoms with E-state index in [9.17, 15) is 4.79 Å². The van der Waals surface area contributed by atoms with E-state index in [0.29, 0.717) is 23.5 Å². The van der Waals surface area contributed by atoms with E-state index in [-0.39, 0.29) is 6.03 Å². The van der Waals surface area contributed by atoms with Gasteiger partial charge in [0.1, 0.15) is 5.51 Å². The molecule has 2 heterocycles. The topological polar surface area (TPSA) is 80.2 Å². The molecule has 0 radical (unpaired) electrons. The molecule has 1 fully saturated rings. The first-order chi connectivity index (χ1) is 11.3. The molecule has 0 bridgehead atoms. The van der Waals surface area contributed by atoms with Gasteiger partial charge in [0.25, 0.3) is 0 Å². The van der Waals surface area contributed by atoms with Crippen molar-refractivity contribution in [2.24, 2.45) is 5.92 Å². The molecule has 3 rings (SSSR count). The lowest BCUT2D eigenvalue weighted by atomic mass is 10.1. The summed E-state index contributed by atoms with van der Waals surface area (Å²) in [6.07, 6.45) is 6.45. The predicted molar refractivity (Wildman–Crippen MR) is 89.0 cm³/mol. The van der Waals surface area contributed by atoms with Crippen LogP contribution in [0, 0.1) is 5.92 Å². The molecule has 1 N–H and O–H groups in total. The monoisotopic (exact) mass is 333 g/mol. The van der Waals surface area contributed by atoms with E-state index in [2.05, 4.69) is 20.5 Å². The summed E-state index contributed by atoms with van der Waals surface area (Å²) in [5, 5.41) is 10.9. The van der Waals surface area contributed by atoms with Gasteiger partial charge in [-0.05, 0) is 24.8 Å². The van der Waals surface area contributed by atoms with Gasteiger partial charge in [-0.1, -0.05) is 24.2 Å². The Labute approximate surface area is 138 Å². The van der Waals surface area contributed by atoms with Gasteiger partial charge in [0.2, 0.25) is 11.0 Å². The van der Waals surface area contributed by atoms with Crippen LogP contribution < -0.4 is 15.0 Å². The maximum absolute atomic E-state index is 12.6. The Morgan fingerprint density at radius 2 is 2.26 bits per heavy atom. The molecule has 0 saturated heterocycles. The third-order valence-electron chi connectivity index (χ3n) is 3.98. The zero-order valence-corrected chi connectivity index (χ0v) is 13.8. The Kier molecular flexibility index (Phi) is 5.02. The second-order valence-corrected chi connectivity index (χ2v) is 6.33. The second kappa shape index (κ2) is 7.36. The van der Waals surface area contributed by atoms with Crippen molar-refractivity contribution >= 4 is 28.2 Å². The fourth-order valence-electron chi connectivity index (χ4n) is 2.80. The molecule has 0 spiro atoms. The van der Waals surface area contributed by atoms with E-state index in [0.717, 1.165) is 18.5 Å². The third kappa shape index (κ3) is 3.95. The van der Waals surface area contributed by atoms with Crippen molar-refractivity contribution in [1.82, 2.24) is 15.2 Å². The van der Waals surface area contributed by atoms with Gasteiger partial charge < -0.3 is 4.74 Å². The number of rotatable bonds is 5. The summed E-state index contributed by atoms with van der Waals surface area (Å²) >= 11 is 1.30. The first kappa shape index (κ1) is 15.7. The molecule has 0 atom stereocenters. The van der Waals surface area contributed by atoms with Crippen molar-refractivity contribution in [2.75, 3.05) is 23.9 Å². The molecule has 1 aliphatic rings. The summed E-state index contributed by atoms with van der Waals surface area (Å²) < 4.78 is 5.08. The molecule has 0 aromatic carbocycles. The van der Waals surface area contributed by atoms with Gasteiger partial charge >= 0.3 is 6.03 Å². The standard InChI is InChI=1S/C15H19N5O2S/c1-22-13-7-6-12(8-16-13)20(9-11-4-2-3-5-11)15(21)18-14-19-17-10-23-14/h6-8,10-11H,2-5,9H2,1H3,(H,18,19,21). The number of pyridine rings is 1. The molecule has 23 heavy (non-hydrogen) atoms. The number of nitrogens with zero attached hydrogens (tertiary/aromatic N) is 4. The average Bonchev–Trinajstić information content (AvgIpc) is 3.26. The molecule has 2 aromatic rings. The fourth-order valence-corrected chi connectivity index (χ4v) is 3.23. The van der Waals surface area contributed by atoms with Crippen LogP contribution in [0.25, 0.3) is 0 Å². The number of nitrogens with one attached hydrogen (secondary N) is 1. The highest BCUT2D eigenvalue weighted by Gasteiger charge is 2.24. The molecule has 7 nitrogen and oxygen atoms in total. The highest BCUT2D eigenvalue weighted by Crippen LogP contribution is 2.28. The maximum atomic E-state index is 12.6. The normalized spacial score (nSPS) is 14.7. The van der Waals surface area contributed by atoms with E-state index < -0.39 is 0 Å². The summed E-state index contributed by atoms with van der Waals surface area (Å²) in [4.78, 5) is 18.6. The average molecular weight is 333 g/mol. The first-order valence-corrected chi connectivity index (χ1v) is 8.49. The van der Waals surface area contributed by atoms with Crippen LogP contribution in [0.2, 0.25) is 0 Å². The number of urea groups is 1. The Balaban J connectivity index is 1.77. The predicted octanol–water partition coefficient (Wildman–Crippen LogP) is 3.17. The van der Waals surface area contributed by atoms with Crippen molar-refractivity contribution in [2.45, 2.75) is 25.7 Å². The number of ether oxygens (including phenoxy) is 1. The zero-order valence-electron chi connectivity index (χ0n) is 12.9.